The minimum atomic E-state index is -3.74. The van der Waals surface area contributed by atoms with E-state index in [-0.39, 0.29) is 6.54 Å². The third-order valence-corrected chi connectivity index (χ3v) is 7.77. The molecule has 0 amide bonds. The summed E-state index contributed by atoms with van der Waals surface area (Å²) in [5.74, 6) is -1.15. The molecule has 2 heterocycles. The van der Waals surface area contributed by atoms with Crippen molar-refractivity contribution in [3.63, 3.8) is 0 Å². The second-order valence-electron chi connectivity index (χ2n) is 10.5. The number of carbonyl (C=O) groups is 1. The minimum Gasteiger partial charge on any atom is -0.479 e. The molecule has 0 aliphatic carbocycles. The maximum Gasteiger partial charge on any atom is 0.337 e. The molecule has 1 N–H and O–H groups in total. The van der Waals surface area contributed by atoms with Crippen LogP contribution in [0.5, 0.6) is 0 Å². The fourth-order valence-corrected chi connectivity index (χ4v) is 6.07. The number of aromatic nitrogens is 1. The third kappa shape index (κ3) is 5.10. The molecule has 1 aliphatic heterocycles. The molecule has 1 aromatic heterocycles. The number of carboxylic acid groups (broad SMARTS) is 1. The Hall–Kier alpha value is -2.94. The van der Waals surface area contributed by atoms with Crippen LogP contribution < -0.4 is 4.31 Å². The van der Waals surface area contributed by atoms with Gasteiger partial charge >= 0.3 is 5.97 Å². The van der Waals surface area contributed by atoms with Crippen LogP contribution in [-0.4, -0.2) is 36.3 Å². The first kappa shape index (κ1) is 27.1. The number of halogens is 1. The number of nitrogens with zero attached hydrogens (tertiary/aromatic N) is 2. The van der Waals surface area contributed by atoms with Crippen LogP contribution in [0.15, 0.2) is 36.5 Å². The summed E-state index contributed by atoms with van der Waals surface area (Å²) < 4.78 is 33.5. The molecule has 0 spiro atoms. The molecule has 0 radical (unpaired) electrons. The zero-order valence-corrected chi connectivity index (χ0v) is 23.6. The summed E-state index contributed by atoms with van der Waals surface area (Å²) in [6.07, 6.45) is 1.35. The maximum atomic E-state index is 13.1. The van der Waals surface area contributed by atoms with Crippen molar-refractivity contribution in [3.05, 3.63) is 69.4 Å². The van der Waals surface area contributed by atoms with Gasteiger partial charge in [0.25, 0.3) is 0 Å². The van der Waals surface area contributed by atoms with Gasteiger partial charge in [-0.1, -0.05) is 41.4 Å². The number of fused-ring (bicyclic) bond motifs is 3. The van der Waals surface area contributed by atoms with Crippen molar-refractivity contribution in [1.82, 2.24) is 4.98 Å². The van der Waals surface area contributed by atoms with Gasteiger partial charge in [-0.3, -0.25) is 9.29 Å². The zero-order valence-electron chi connectivity index (χ0n) is 22.0. The highest BCUT2D eigenvalue weighted by Gasteiger charge is 2.39. The van der Waals surface area contributed by atoms with Crippen LogP contribution in [0.3, 0.4) is 0 Å². The van der Waals surface area contributed by atoms with Crippen molar-refractivity contribution in [2.75, 3.05) is 10.6 Å². The highest BCUT2D eigenvalue weighted by molar-refractivity contribution is 7.92. The topological polar surface area (TPSA) is 96.8 Å². The number of ether oxygens (including phenoxy) is 1. The second kappa shape index (κ2) is 9.42. The molecule has 0 saturated carbocycles. The Labute approximate surface area is 223 Å². The Morgan fingerprint density at radius 1 is 1.11 bits per heavy atom. The smallest absolute Gasteiger partial charge is 0.337 e. The van der Waals surface area contributed by atoms with E-state index in [9.17, 15) is 18.3 Å². The molecule has 1 aliphatic rings. The first-order chi connectivity index (χ1) is 17.1. The molecular weight excluding hydrogens is 512 g/mol. The normalized spacial score (nSPS) is 14.2. The van der Waals surface area contributed by atoms with E-state index in [2.05, 4.69) is 4.98 Å². The van der Waals surface area contributed by atoms with Crippen molar-refractivity contribution in [2.45, 2.75) is 59.8 Å². The zero-order chi connectivity index (χ0) is 27.4. The van der Waals surface area contributed by atoms with E-state index in [0.717, 1.165) is 17.4 Å². The molecule has 0 fully saturated rings. The quantitative estimate of drug-likeness (QED) is 0.411. The number of aliphatic carboxylic acids is 1. The monoisotopic (exact) mass is 542 g/mol. The Kier molecular flexibility index (Phi) is 6.90. The Morgan fingerprint density at radius 2 is 1.73 bits per heavy atom. The predicted octanol–water partition coefficient (Wildman–Crippen LogP) is 6.21. The molecule has 7 nitrogen and oxygen atoms in total. The number of carboxylic acids is 1. The van der Waals surface area contributed by atoms with Gasteiger partial charge in [0.2, 0.25) is 10.0 Å². The fraction of sp³-hybridized carbons (Fsp3) is 0.357. The number of benzene rings is 2. The molecule has 3 aromatic rings. The van der Waals surface area contributed by atoms with Crippen LogP contribution >= 0.6 is 11.6 Å². The van der Waals surface area contributed by atoms with E-state index < -0.39 is 27.7 Å². The number of hydrogen-bond acceptors (Lipinski definition) is 5. The molecule has 0 bridgehead atoms. The summed E-state index contributed by atoms with van der Waals surface area (Å²) >= 11 is 6.23. The molecular formula is C28H31ClN2O5S. The number of rotatable bonds is 5. The van der Waals surface area contributed by atoms with E-state index in [1.165, 1.54) is 10.5 Å². The molecule has 1 atom stereocenters. The van der Waals surface area contributed by atoms with Crippen molar-refractivity contribution in [3.8, 4) is 22.4 Å². The van der Waals surface area contributed by atoms with Gasteiger partial charge in [0, 0.05) is 22.9 Å². The summed E-state index contributed by atoms with van der Waals surface area (Å²) in [7, 11) is -3.74. The lowest BCUT2D eigenvalue weighted by atomic mass is 9.81. The van der Waals surface area contributed by atoms with Gasteiger partial charge in [-0.15, -0.1) is 0 Å². The molecule has 196 valence electrons. The summed E-state index contributed by atoms with van der Waals surface area (Å²) in [6.45, 7) is 11.0. The van der Waals surface area contributed by atoms with Crippen LogP contribution in [0, 0.1) is 20.8 Å². The number of hydrogen-bond donors (Lipinski definition) is 1. The molecule has 0 saturated heterocycles. The number of pyridine rings is 1. The number of sulfonamides is 1. The minimum absolute atomic E-state index is 0.0379. The fourth-order valence-electron chi connectivity index (χ4n) is 4.96. The number of aryl methyl sites for hydroxylation is 1. The van der Waals surface area contributed by atoms with Crippen LogP contribution in [0.25, 0.3) is 22.4 Å². The third-order valence-electron chi connectivity index (χ3n) is 6.45. The van der Waals surface area contributed by atoms with Crippen LogP contribution in [0.1, 0.15) is 54.7 Å². The number of anilines is 1. The molecule has 4 rings (SSSR count). The molecule has 0 unspecified atom stereocenters. The van der Waals surface area contributed by atoms with Crippen molar-refractivity contribution in [1.29, 1.82) is 0 Å². The Bertz CT molecular complexity index is 1510. The van der Waals surface area contributed by atoms with Gasteiger partial charge in [-0.25, -0.2) is 13.2 Å². The summed E-state index contributed by atoms with van der Waals surface area (Å²) in [5, 5.41) is 10.8. The van der Waals surface area contributed by atoms with Gasteiger partial charge in [0.15, 0.2) is 6.10 Å². The van der Waals surface area contributed by atoms with Crippen molar-refractivity contribution < 1.29 is 23.1 Å². The van der Waals surface area contributed by atoms with Crippen LogP contribution in [-0.2, 0) is 26.1 Å². The first-order valence-electron chi connectivity index (χ1n) is 11.9. The van der Waals surface area contributed by atoms with E-state index >= 15 is 0 Å². The summed E-state index contributed by atoms with van der Waals surface area (Å²) in [4.78, 5) is 17.3. The van der Waals surface area contributed by atoms with Gasteiger partial charge in [-0.05, 0) is 69.9 Å². The van der Waals surface area contributed by atoms with Crippen molar-refractivity contribution in [2.24, 2.45) is 0 Å². The second-order valence-corrected chi connectivity index (χ2v) is 12.9. The van der Waals surface area contributed by atoms with Gasteiger partial charge in [0.1, 0.15) is 0 Å². The van der Waals surface area contributed by atoms with Crippen LogP contribution in [0.2, 0.25) is 5.02 Å². The van der Waals surface area contributed by atoms with Crippen molar-refractivity contribution >= 4 is 33.3 Å². The maximum absolute atomic E-state index is 13.1. The van der Waals surface area contributed by atoms with Gasteiger partial charge in [-0.2, -0.15) is 0 Å². The SMILES string of the molecule is Cc1ccc(-c2c(C)c3c(c(C)c2[C@H](OC(C)(C)C)C(=O)O)N(S(C)(=O)=O)Cc2cc(Cl)cnc2-3)cc1. The summed E-state index contributed by atoms with van der Waals surface area (Å²) in [6, 6.07) is 9.53. The highest BCUT2D eigenvalue weighted by Crippen LogP contribution is 2.51. The lowest BCUT2D eigenvalue weighted by Crippen LogP contribution is -2.35. The van der Waals surface area contributed by atoms with E-state index in [4.69, 9.17) is 16.3 Å². The lowest BCUT2D eigenvalue weighted by Gasteiger charge is -2.37. The van der Waals surface area contributed by atoms with E-state index in [1.54, 1.807) is 33.8 Å². The first-order valence-corrected chi connectivity index (χ1v) is 14.1. The molecule has 9 heteroatoms. The van der Waals surface area contributed by atoms with Gasteiger partial charge < -0.3 is 9.84 Å². The average molecular weight is 543 g/mol. The largest absolute Gasteiger partial charge is 0.479 e. The Morgan fingerprint density at radius 3 is 2.27 bits per heavy atom. The molecule has 37 heavy (non-hydrogen) atoms. The highest BCUT2D eigenvalue weighted by atomic mass is 35.5. The Balaban J connectivity index is 2.21. The van der Waals surface area contributed by atoms with Crippen LogP contribution in [0.4, 0.5) is 5.69 Å². The summed E-state index contributed by atoms with van der Waals surface area (Å²) in [5.41, 5.74) is 5.79. The molecule has 2 aromatic carbocycles. The van der Waals surface area contributed by atoms with E-state index in [1.807, 2.05) is 38.1 Å². The van der Waals surface area contributed by atoms with E-state index in [0.29, 0.717) is 49.8 Å². The standard InChI is InChI=1S/C28H31ClN2O5S/c1-15-8-10-18(11-9-15)21-16(2)23-24-19(12-20(29)13-30-24)14-31(37(7,34)35)25(23)17(3)22(21)26(27(32)33)36-28(4,5)6/h8-13,26H,14H2,1-7H3,(H,32,33)/t26-/m0/s1. The average Bonchev–Trinajstić information content (AvgIpc) is 2.78. The van der Waals surface area contributed by atoms with Gasteiger partial charge in [0.05, 0.1) is 34.8 Å². The predicted molar refractivity (Wildman–Crippen MR) is 147 cm³/mol. The lowest BCUT2D eigenvalue weighted by molar-refractivity contribution is -0.160.